The van der Waals surface area contributed by atoms with E-state index in [-0.39, 0.29) is 17.6 Å². The van der Waals surface area contributed by atoms with Crippen molar-refractivity contribution in [2.75, 3.05) is 12.3 Å². The molecule has 0 bridgehead atoms. The van der Waals surface area contributed by atoms with Crippen molar-refractivity contribution in [3.63, 3.8) is 0 Å². The van der Waals surface area contributed by atoms with E-state index < -0.39 is 0 Å². The normalized spacial score (nSPS) is 21.3. The lowest BCUT2D eigenvalue weighted by Crippen LogP contribution is -2.45. The van der Waals surface area contributed by atoms with Crippen LogP contribution in [0.1, 0.15) is 37.0 Å². The molecular formula is C15H19N3O2S. The maximum Gasteiger partial charge on any atom is 0.251 e. The SMILES string of the molecule is CC1(C)CC(NC(=O)c2ccc3nc(N)sc3c2)CCO1. The Morgan fingerprint density at radius 1 is 1.52 bits per heavy atom. The van der Waals surface area contributed by atoms with E-state index in [1.807, 2.05) is 12.1 Å². The Kier molecular flexibility index (Phi) is 3.59. The lowest BCUT2D eigenvalue weighted by molar-refractivity contribution is -0.0615. The van der Waals surface area contributed by atoms with Crippen LogP contribution in [0, 0.1) is 0 Å². The lowest BCUT2D eigenvalue weighted by atomic mass is 9.94. The summed E-state index contributed by atoms with van der Waals surface area (Å²) >= 11 is 1.40. The Morgan fingerprint density at radius 3 is 3.10 bits per heavy atom. The van der Waals surface area contributed by atoms with Crippen LogP contribution in [-0.2, 0) is 4.74 Å². The third-order valence-electron chi connectivity index (χ3n) is 3.70. The van der Waals surface area contributed by atoms with Gasteiger partial charge in [-0.2, -0.15) is 0 Å². The van der Waals surface area contributed by atoms with Crippen LogP contribution in [0.4, 0.5) is 5.13 Å². The molecule has 1 aliphatic heterocycles. The zero-order valence-electron chi connectivity index (χ0n) is 12.2. The van der Waals surface area contributed by atoms with E-state index in [1.54, 1.807) is 6.07 Å². The van der Waals surface area contributed by atoms with Crippen LogP contribution in [0.5, 0.6) is 0 Å². The van der Waals surface area contributed by atoms with Gasteiger partial charge in [0.25, 0.3) is 5.91 Å². The molecule has 1 saturated heterocycles. The van der Waals surface area contributed by atoms with Crippen molar-refractivity contribution in [2.24, 2.45) is 0 Å². The van der Waals surface area contributed by atoms with Gasteiger partial charge in [-0.3, -0.25) is 4.79 Å². The highest BCUT2D eigenvalue weighted by molar-refractivity contribution is 7.22. The number of anilines is 1. The molecule has 3 N–H and O–H groups in total. The molecule has 1 aromatic carbocycles. The summed E-state index contributed by atoms with van der Waals surface area (Å²) in [5.74, 6) is -0.0495. The van der Waals surface area contributed by atoms with E-state index in [2.05, 4.69) is 24.1 Å². The fourth-order valence-electron chi connectivity index (χ4n) is 2.71. The van der Waals surface area contributed by atoms with Gasteiger partial charge in [0.1, 0.15) is 0 Å². The highest BCUT2D eigenvalue weighted by Gasteiger charge is 2.29. The van der Waals surface area contributed by atoms with Gasteiger partial charge in [0.05, 0.1) is 15.8 Å². The van der Waals surface area contributed by atoms with Crippen LogP contribution in [0.15, 0.2) is 18.2 Å². The van der Waals surface area contributed by atoms with Gasteiger partial charge < -0.3 is 15.8 Å². The third kappa shape index (κ3) is 3.16. The lowest BCUT2D eigenvalue weighted by Gasteiger charge is -2.35. The van der Waals surface area contributed by atoms with E-state index in [9.17, 15) is 4.79 Å². The van der Waals surface area contributed by atoms with E-state index in [0.717, 1.165) is 23.1 Å². The minimum atomic E-state index is -0.174. The molecular weight excluding hydrogens is 286 g/mol. The number of fused-ring (bicyclic) bond motifs is 1. The molecule has 0 saturated carbocycles. The molecule has 0 spiro atoms. The van der Waals surface area contributed by atoms with E-state index in [0.29, 0.717) is 17.3 Å². The average Bonchev–Trinajstić information content (AvgIpc) is 2.76. The van der Waals surface area contributed by atoms with E-state index in [1.165, 1.54) is 11.3 Å². The minimum absolute atomic E-state index is 0.0495. The second kappa shape index (κ2) is 5.27. The number of nitrogen functional groups attached to an aromatic ring is 1. The van der Waals surface area contributed by atoms with Crippen molar-refractivity contribution >= 4 is 32.6 Å². The van der Waals surface area contributed by atoms with Crippen LogP contribution >= 0.6 is 11.3 Å². The Balaban J connectivity index is 1.74. The zero-order chi connectivity index (χ0) is 15.0. The summed E-state index contributed by atoms with van der Waals surface area (Å²) in [7, 11) is 0. The number of carbonyl (C=O) groups excluding carboxylic acids is 1. The Hall–Kier alpha value is -1.66. The second-order valence-electron chi connectivity index (χ2n) is 6.01. The van der Waals surface area contributed by atoms with Crippen LogP contribution in [-0.4, -0.2) is 29.1 Å². The molecule has 2 aromatic rings. The Labute approximate surface area is 127 Å². The monoisotopic (exact) mass is 305 g/mol. The number of carbonyl (C=O) groups is 1. The molecule has 1 aliphatic rings. The molecule has 5 nitrogen and oxygen atoms in total. The molecule has 21 heavy (non-hydrogen) atoms. The van der Waals surface area contributed by atoms with Gasteiger partial charge in [-0.25, -0.2) is 4.98 Å². The summed E-state index contributed by atoms with van der Waals surface area (Å²) in [5.41, 5.74) is 7.00. The fourth-order valence-corrected chi connectivity index (χ4v) is 3.48. The average molecular weight is 305 g/mol. The standard InChI is InChI=1S/C15H19N3O2S/c1-15(2)8-10(5-6-20-15)17-13(19)9-3-4-11-12(7-9)21-14(16)18-11/h3-4,7,10H,5-6,8H2,1-2H3,(H2,16,18)(H,17,19). The van der Waals surface area contributed by atoms with Crippen molar-refractivity contribution < 1.29 is 9.53 Å². The molecule has 112 valence electrons. The quantitative estimate of drug-likeness (QED) is 0.894. The van der Waals surface area contributed by atoms with Crippen LogP contribution in [0.2, 0.25) is 0 Å². The van der Waals surface area contributed by atoms with Crippen molar-refractivity contribution in [3.8, 4) is 0 Å². The Bertz CT molecular complexity index is 681. The topological polar surface area (TPSA) is 77.2 Å². The summed E-state index contributed by atoms with van der Waals surface area (Å²) in [6.45, 7) is 4.79. The maximum absolute atomic E-state index is 12.4. The first-order valence-electron chi connectivity index (χ1n) is 7.04. The number of benzene rings is 1. The molecule has 6 heteroatoms. The molecule has 1 atom stereocenters. The van der Waals surface area contributed by atoms with Crippen LogP contribution in [0.25, 0.3) is 10.2 Å². The number of rotatable bonds is 2. The first kappa shape index (κ1) is 14.3. The van der Waals surface area contributed by atoms with Gasteiger partial charge in [-0.1, -0.05) is 11.3 Å². The van der Waals surface area contributed by atoms with Gasteiger partial charge in [-0.05, 0) is 44.9 Å². The molecule has 1 fully saturated rings. The van der Waals surface area contributed by atoms with Crippen molar-refractivity contribution in [2.45, 2.75) is 38.3 Å². The molecule has 3 rings (SSSR count). The predicted octanol–water partition coefficient (Wildman–Crippen LogP) is 2.57. The fraction of sp³-hybridized carbons (Fsp3) is 0.467. The number of hydrogen-bond donors (Lipinski definition) is 2. The summed E-state index contributed by atoms with van der Waals surface area (Å²) in [6, 6.07) is 5.64. The summed E-state index contributed by atoms with van der Waals surface area (Å²) in [4.78, 5) is 16.6. The molecule has 1 aromatic heterocycles. The van der Waals surface area contributed by atoms with Crippen LogP contribution in [0.3, 0.4) is 0 Å². The van der Waals surface area contributed by atoms with Crippen molar-refractivity contribution in [1.82, 2.24) is 10.3 Å². The van der Waals surface area contributed by atoms with Crippen molar-refractivity contribution in [1.29, 1.82) is 0 Å². The predicted molar refractivity (Wildman–Crippen MR) is 84.6 cm³/mol. The number of aromatic nitrogens is 1. The first-order chi connectivity index (χ1) is 9.93. The molecule has 1 amide bonds. The number of hydrogen-bond acceptors (Lipinski definition) is 5. The molecule has 1 unspecified atom stereocenters. The molecule has 0 aliphatic carbocycles. The smallest absolute Gasteiger partial charge is 0.251 e. The second-order valence-corrected chi connectivity index (χ2v) is 7.07. The summed E-state index contributed by atoms with van der Waals surface area (Å²) in [6.07, 6.45) is 1.68. The van der Waals surface area contributed by atoms with Gasteiger partial charge in [-0.15, -0.1) is 0 Å². The van der Waals surface area contributed by atoms with Gasteiger partial charge in [0, 0.05) is 18.2 Å². The number of nitrogens with two attached hydrogens (primary N) is 1. The van der Waals surface area contributed by atoms with Gasteiger partial charge >= 0.3 is 0 Å². The van der Waals surface area contributed by atoms with E-state index >= 15 is 0 Å². The van der Waals surface area contributed by atoms with Crippen LogP contribution < -0.4 is 11.1 Å². The number of nitrogens with one attached hydrogen (secondary N) is 1. The number of nitrogens with zero attached hydrogens (tertiary/aromatic N) is 1. The van der Waals surface area contributed by atoms with Gasteiger partial charge in [0.2, 0.25) is 0 Å². The zero-order valence-corrected chi connectivity index (χ0v) is 13.0. The highest BCUT2D eigenvalue weighted by atomic mass is 32.1. The Morgan fingerprint density at radius 2 is 2.33 bits per heavy atom. The molecule has 2 heterocycles. The number of thiazole rings is 1. The minimum Gasteiger partial charge on any atom is -0.375 e. The summed E-state index contributed by atoms with van der Waals surface area (Å²) in [5, 5.41) is 3.62. The van der Waals surface area contributed by atoms with Crippen molar-refractivity contribution in [3.05, 3.63) is 23.8 Å². The highest BCUT2D eigenvalue weighted by Crippen LogP contribution is 2.26. The van der Waals surface area contributed by atoms with E-state index in [4.69, 9.17) is 10.5 Å². The molecule has 0 radical (unpaired) electrons. The van der Waals surface area contributed by atoms with Gasteiger partial charge in [0.15, 0.2) is 5.13 Å². The summed E-state index contributed by atoms with van der Waals surface area (Å²) < 4.78 is 6.61. The number of amides is 1. The third-order valence-corrected chi connectivity index (χ3v) is 4.55. The number of ether oxygens (including phenoxy) is 1. The first-order valence-corrected chi connectivity index (χ1v) is 7.85. The maximum atomic E-state index is 12.4. The largest absolute Gasteiger partial charge is 0.375 e.